The molecule has 1 aliphatic rings. The Bertz CT molecular complexity index is 331. The van der Waals surface area contributed by atoms with Crippen LogP contribution in [0.2, 0.25) is 0 Å². The molecular weight excluding hydrogens is 180 g/mol. The van der Waals surface area contributed by atoms with Crippen molar-refractivity contribution < 1.29 is 9.90 Å². The normalized spacial score (nSPS) is 26.3. The van der Waals surface area contributed by atoms with Crippen LogP contribution in [0, 0.1) is 0 Å². The molecule has 1 atom stereocenters. The minimum Gasteiger partial charge on any atom is -0.480 e. The molecule has 0 radical (unpaired) electrons. The van der Waals surface area contributed by atoms with Gasteiger partial charge in [-0.3, -0.25) is 10.3 Å². The van der Waals surface area contributed by atoms with E-state index in [1.54, 1.807) is 24.5 Å². The predicted molar refractivity (Wildman–Crippen MR) is 50.8 cm³/mol. The van der Waals surface area contributed by atoms with Gasteiger partial charge in [0, 0.05) is 18.0 Å². The molecule has 2 heterocycles. The molecule has 74 valence electrons. The largest absolute Gasteiger partial charge is 0.480 e. The van der Waals surface area contributed by atoms with Gasteiger partial charge in [-0.2, -0.15) is 0 Å². The van der Waals surface area contributed by atoms with Crippen LogP contribution < -0.4 is 5.32 Å². The molecule has 1 saturated heterocycles. The van der Waals surface area contributed by atoms with Gasteiger partial charge >= 0.3 is 5.97 Å². The maximum Gasteiger partial charge on any atom is 0.328 e. The van der Waals surface area contributed by atoms with E-state index in [-0.39, 0.29) is 0 Å². The highest BCUT2D eigenvalue weighted by Gasteiger charge is 2.42. The maximum absolute atomic E-state index is 11.2. The zero-order valence-electron chi connectivity index (χ0n) is 7.73. The van der Waals surface area contributed by atoms with Gasteiger partial charge in [-0.1, -0.05) is 6.07 Å². The minimum atomic E-state index is -0.908. The van der Waals surface area contributed by atoms with Crippen molar-refractivity contribution in [2.24, 2.45) is 0 Å². The molecule has 1 aliphatic heterocycles. The third-order valence-corrected chi connectivity index (χ3v) is 2.67. The first-order valence-electron chi connectivity index (χ1n) is 4.65. The van der Waals surface area contributed by atoms with Crippen molar-refractivity contribution in [3.05, 3.63) is 30.1 Å². The lowest BCUT2D eigenvalue weighted by Gasteiger charge is -2.24. The minimum absolute atomic E-state index is 0.633. The van der Waals surface area contributed by atoms with E-state index in [0.29, 0.717) is 6.42 Å². The Morgan fingerprint density at radius 1 is 1.64 bits per heavy atom. The Morgan fingerprint density at radius 3 is 3.00 bits per heavy atom. The number of carboxylic acid groups (broad SMARTS) is 1. The predicted octanol–water partition coefficient (Wildman–Crippen LogP) is 0.745. The van der Waals surface area contributed by atoms with E-state index in [2.05, 4.69) is 10.3 Å². The lowest BCUT2D eigenvalue weighted by atomic mass is 9.90. The third-order valence-electron chi connectivity index (χ3n) is 2.67. The van der Waals surface area contributed by atoms with Gasteiger partial charge in [0.05, 0.1) is 0 Å². The Morgan fingerprint density at radius 2 is 2.50 bits per heavy atom. The number of carboxylic acids is 1. The van der Waals surface area contributed by atoms with Gasteiger partial charge in [0.15, 0.2) is 0 Å². The summed E-state index contributed by atoms with van der Waals surface area (Å²) in [6.45, 7) is 0.751. The number of hydrogen-bond donors (Lipinski definition) is 2. The first-order chi connectivity index (χ1) is 6.76. The molecule has 14 heavy (non-hydrogen) atoms. The van der Waals surface area contributed by atoms with Crippen molar-refractivity contribution >= 4 is 5.97 Å². The van der Waals surface area contributed by atoms with Gasteiger partial charge in [0.25, 0.3) is 0 Å². The summed E-state index contributed by atoms with van der Waals surface area (Å²) in [5.74, 6) is -0.817. The van der Waals surface area contributed by atoms with Gasteiger partial charge in [-0.25, -0.2) is 4.79 Å². The average Bonchev–Trinajstić information content (AvgIpc) is 2.69. The fourth-order valence-corrected chi connectivity index (χ4v) is 1.91. The highest BCUT2D eigenvalue weighted by molar-refractivity contribution is 5.81. The molecule has 1 fully saturated rings. The van der Waals surface area contributed by atoms with Crippen LogP contribution in [0.25, 0.3) is 0 Å². The molecule has 0 unspecified atom stereocenters. The highest BCUT2D eigenvalue weighted by Crippen LogP contribution is 2.30. The second kappa shape index (κ2) is 3.38. The third kappa shape index (κ3) is 1.28. The molecule has 4 heteroatoms. The standard InChI is InChI=1S/C10H12N2O2/c13-9(14)10(4-2-6-12-10)8-3-1-5-11-7-8/h1,3,5,7,12H,2,4,6H2,(H,13,14)/t10-/m0/s1. The van der Waals surface area contributed by atoms with E-state index >= 15 is 0 Å². The maximum atomic E-state index is 11.2. The van der Waals surface area contributed by atoms with Crippen LogP contribution in [0.5, 0.6) is 0 Å². The fraction of sp³-hybridized carbons (Fsp3) is 0.400. The Hall–Kier alpha value is -1.42. The number of aromatic nitrogens is 1. The highest BCUT2D eigenvalue weighted by atomic mass is 16.4. The van der Waals surface area contributed by atoms with Crippen LogP contribution in [0.4, 0.5) is 0 Å². The van der Waals surface area contributed by atoms with Gasteiger partial charge in [-0.05, 0) is 25.5 Å². The van der Waals surface area contributed by atoms with Crippen molar-refractivity contribution in [3.63, 3.8) is 0 Å². The summed E-state index contributed by atoms with van der Waals surface area (Å²) in [6, 6.07) is 3.57. The topological polar surface area (TPSA) is 62.2 Å². The van der Waals surface area contributed by atoms with Crippen LogP contribution in [0.1, 0.15) is 18.4 Å². The van der Waals surface area contributed by atoms with E-state index in [9.17, 15) is 9.90 Å². The molecule has 1 aromatic heterocycles. The average molecular weight is 192 g/mol. The first-order valence-corrected chi connectivity index (χ1v) is 4.65. The van der Waals surface area contributed by atoms with E-state index in [1.165, 1.54) is 0 Å². The van der Waals surface area contributed by atoms with Crippen LogP contribution in [0.3, 0.4) is 0 Å². The van der Waals surface area contributed by atoms with Gasteiger partial charge in [0.1, 0.15) is 5.54 Å². The molecule has 4 nitrogen and oxygen atoms in total. The van der Waals surface area contributed by atoms with Crippen LogP contribution in [-0.4, -0.2) is 22.6 Å². The first kappa shape index (κ1) is 9.15. The van der Waals surface area contributed by atoms with Crippen molar-refractivity contribution in [2.75, 3.05) is 6.54 Å². The number of aliphatic carboxylic acids is 1. The van der Waals surface area contributed by atoms with Crippen molar-refractivity contribution in [1.82, 2.24) is 10.3 Å². The number of rotatable bonds is 2. The molecule has 2 rings (SSSR count). The number of nitrogens with zero attached hydrogens (tertiary/aromatic N) is 1. The Balaban J connectivity index is 2.42. The summed E-state index contributed by atoms with van der Waals surface area (Å²) in [5.41, 5.74) is -0.168. The monoisotopic (exact) mass is 192 g/mol. The van der Waals surface area contributed by atoms with E-state index in [0.717, 1.165) is 18.5 Å². The SMILES string of the molecule is O=C(O)[C@@]1(c2cccnc2)CCCN1. The molecule has 2 N–H and O–H groups in total. The van der Waals surface area contributed by atoms with Crippen molar-refractivity contribution in [2.45, 2.75) is 18.4 Å². The van der Waals surface area contributed by atoms with Crippen LogP contribution in [-0.2, 0) is 10.3 Å². The smallest absolute Gasteiger partial charge is 0.328 e. The quantitative estimate of drug-likeness (QED) is 0.725. The van der Waals surface area contributed by atoms with Crippen molar-refractivity contribution in [3.8, 4) is 0 Å². The summed E-state index contributed by atoms with van der Waals surface area (Å²) in [4.78, 5) is 15.2. The molecule has 0 bridgehead atoms. The molecule has 0 saturated carbocycles. The number of hydrogen-bond acceptors (Lipinski definition) is 3. The zero-order valence-corrected chi connectivity index (χ0v) is 7.73. The zero-order chi connectivity index (χ0) is 10.0. The summed E-state index contributed by atoms with van der Waals surface area (Å²) in [7, 11) is 0. The second-order valence-corrected chi connectivity index (χ2v) is 3.48. The Labute approximate surface area is 82.0 Å². The molecule has 0 aromatic carbocycles. The summed E-state index contributed by atoms with van der Waals surface area (Å²) in [5, 5.41) is 12.3. The van der Waals surface area contributed by atoms with E-state index < -0.39 is 11.5 Å². The summed E-state index contributed by atoms with van der Waals surface area (Å²) in [6.07, 6.45) is 4.79. The van der Waals surface area contributed by atoms with Gasteiger partial charge in [0.2, 0.25) is 0 Å². The van der Waals surface area contributed by atoms with Crippen LogP contribution in [0.15, 0.2) is 24.5 Å². The fourth-order valence-electron chi connectivity index (χ4n) is 1.91. The van der Waals surface area contributed by atoms with Gasteiger partial charge in [-0.15, -0.1) is 0 Å². The molecule has 0 amide bonds. The second-order valence-electron chi connectivity index (χ2n) is 3.48. The van der Waals surface area contributed by atoms with E-state index in [4.69, 9.17) is 0 Å². The summed E-state index contributed by atoms with van der Waals surface area (Å²) < 4.78 is 0. The molecule has 1 aromatic rings. The molecule has 0 aliphatic carbocycles. The van der Waals surface area contributed by atoms with Gasteiger partial charge < -0.3 is 5.11 Å². The number of carbonyl (C=O) groups is 1. The lowest BCUT2D eigenvalue weighted by Crippen LogP contribution is -2.44. The lowest BCUT2D eigenvalue weighted by molar-refractivity contribution is -0.144. The van der Waals surface area contributed by atoms with Crippen LogP contribution >= 0.6 is 0 Å². The van der Waals surface area contributed by atoms with E-state index in [1.807, 2.05) is 0 Å². The number of pyridine rings is 1. The number of nitrogens with one attached hydrogen (secondary N) is 1. The molecule has 0 spiro atoms. The summed E-state index contributed by atoms with van der Waals surface area (Å²) >= 11 is 0. The van der Waals surface area contributed by atoms with Crippen molar-refractivity contribution in [1.29, 1.82) is 0 Å². The molecular formula is C10H12N2O2. The Kier molecular flexibility index (Phi) is 2.21.